The Hall–Kier alpha value is 0.700. The largest absolute Gasteiger partial charge is 0.172 e. The second-order valence-corrected chi connectivity index (χ2v) is 14.5. The lowest BCUT2D eigenvalue weighted by atomic mass is 9.13. The fourth-order valence-electron chi connectivity index (χ4n) is 13.5. The number of rotatable bonds is 0. The molecule has 13 aliphatic rings. The van der Waals surface area contributed by atoms with E-state index in [-0.39, 0.29) is 0 Å². The molecule has 13 rings (SSSR count). The summed E-state index contributed by atoms with van der Waals surface area (Å²) < 4.78 is 0.911. The molecule has 2 spiro atoms. The van der Waals surface area contributed by atoms with E-state index in [1.165, 1.54) is 38.5 Å². The average molecular weight is 357 g/mol. The normalized spacial score (nSPS) is 85.2. The molecule has 0 aromatic carbocycles. The molecule has 14 bridgehead atoms. The summed E-state index contributed by atoms with van der Waals surface area (Å²) in [5, 5.41) is 0. The first-order valence-corrected chi connectivity index (χ1v) is 11.8. The summed E-state index contributed by atoms with van der Waals surface area (Å²) in [5.74, 6) is 11.2. The van der Waals surface area contributed by atoms with Gasteiger partial charge < -0.3 is 0 Å². The van der Waals surface area contributed by atoms with E-state index in [2.05, 4.69) is 0 Å². The smallest absolute Gasteiger partial charge is 0.0141 e. The monoisotopic (exact) mass is 356 g/mol. The molecule has 0 aromatic heterocycles. The van der Waals surface area contributed by atoms with Crippen LogP contribution in [0.2, 0.25) is 0 Å². The van der Waals surface area contributed by atoms with Gasteiger partial charge in [-0.1, -0.05) is 0 Å². The fraction of sp³-hybridized carbons (Fsp3) is 1.00. The van der Waals surface area contributed by atoms with Gasteiger partial charge in [-0.05, 0) is 121 Å². The van der Waals surface area contributed by atoms with Crippen molar-refractivity contribution >= 4 is 25.3 Å². The SMILES string of the molecule is SC12C[C@@H]3C4CC56CC7(S)C[C@@H]8C9CC(C1)([C@@H]3[C@H]5[C@H]9C7)[C@@H]([C@H]86)[C@H]4C2. The van der Waals surface area contributed by atoms with Gasteiger partial charge in [-0.2, -0.15) is 25.3 Å². The molecular weight excluding hydrogens is 328 g/mol. The Labute approximate surface area is 156 Å². The van der Waals surface area contributed by atoms with Crippen molar-refractivity contribution in [3.63, 3.8) is 0 Å². The summed E-state index contributed by atoms with van der Waals surface area (Å²) in [4.78, 5) is 0. The van der Waals surface area contributed by atoms with Crippen LogP contribution in [0, 0.1) is 70.0 Å². The van der Waals surface area contributed by atoms with Crippen molar-refractivity contribution < 1.29 is 0 Å². The molecule has 128 valence electrons. The molecule has 0 saturated heterocycles. The van der Waals surface area contributed by atoms with Crippen LogP contribution in [0.4, 0.5) is 0 Å². The van der Waals surface area contributed by atoms with E-state index in [1.54, 1.807) is 12.8 Å². The highest BCUT2D eigenvalue weighted by molar-refractivity contribution is 7.82. The van der Waals surface area contributed by atoms with Crippen LogP contribution < -0.4 is 0 Å². The molecule has 0 radical (unpaired) electrons. The lowest BCUT2D eigenvalue weighted by molar-refractivity contribution is -0.425. The summed E-state index contributed by atoms with van der Waals surface area (Å²) in [6.07, 6.45) is 12.4. The third kappa shape index (κ3) is 0.939. The standard InChI is InChI=1S/C22H28S2/c23-19-1-11-9-5-22-8-20(24)3-13-10-6-21(7-19,15(11)16(13)22)17(12(9)2-19)18(22)14(10)4-20/h9-18,23-24H,1-8H2/t9?,10?,11-,12+,13+,14-,15+,16-,17-,18+,19?,20?,21?,22?. The van der Waals surface area contributed by atoms with Gasteiger partial charge in [0.2, 0.25) is 0 Å². The van der Waals surface area contributed by atoms with Crippen molar-refractivity contribution in [2.45, 2.75) is 60.9 Å². The molecule has 13 fully saturated rings. The summed E-state index contributed by atoms with van der Waals surface area (Å²) in [6.45, 7) is 0. The molecule has 14 atom stereocenters. The molecule has 2 heteroatoms. The van der Waals surface area contributed by atoms with E-state index in [1.807, 2.05) is 0 Å². The Bertz CT molecular complexity index is 638. The summed E-state index contributed by atoms with van der Waals surface area (Å²) in [5.41, 5.74) is 1.57. The van der Waals surface area contributed by atoms with E-state index in [9.17, 15) is 0 Å². The van der Waals surface area contributed by atoms with Crippen molar-refractivity contribution in [1.82, 2.24) is 0 Å². The predicted molar refractivity (Wildman–Crippen MR) is 100 cm³/mol. The Morgan fingerprint density at radius 1 is 0.458 bits per heavy atom. The van der Waals surface area contributed by atoms with Crippen molar-refractivity contribution in [3.8, 4) is 0 Å². The lowest BCUT2D eigenvalue weighted by Gasteiger charge is -2.92. The molecular formula is C22H28S2. The van der Waals surface area contributed by atoms with Crippen molar-refractivity contribution in [3.05, 3.63) is 0 Å². The summed E-state index contributed by atoms with van der Waals surface area (Å²) in [7, 11) is 0. The van der Waals surface area contributed by atoms with Gasteiger partial charge in [0.15, 0.2) is 0 Å². The molecule has 0 heterocycles. The molecule has 0 nitrogen and oxygen atoms in total. The molecule has 13 saturated carbocycles. The highest BCUT2D eigenvalue weighted by atomic mass is 32.1. The van der Waals surface area contributed by atoms with Crippen molar-refractivity contribution in [2.75, 3.05) is 0 Å². The highest BCUT2D eigenvalue weighted by Crippen LogP contribution is 2.93. The minimum absolute atomic E-state index is 0.455. The predicted octanol–water partition coefficient (Wildman–Crippen LogP) is 4.70. The maximum atomic E-state index is 5.37. The topological polar surface area (TPSA) is 0 Å². The van der Waals surface area contributed by atoms with Crippen LogP contribution in [0.5, 0.6) is 0 Å². The third-order valence-electron chi connectivity index (χ3n) is 12.5. The van der Waals surface area contributed by atoms with Crippen LogP contribution in [-0.4, -0.2) is 9.49 Å². The minimum atomic E-state index is 0.455. The van der Waals surface area contributed by atoms with E-state index in [0.717, 1.165) is 70.0 Å². The van der Waals surface area contributed by atoms with Crippen LogP contribution >= 0.6 is 25.3 Å². The van der Waals surface area contributed by atoms with Crippen molar-refractivity contribution in [1.29, 1.82) is 0 Å². The Kier molecular flexibility index (Phi) is 1.68. The highest BCUT2D eigenvalue weighted by Gasteiger charge is 2.88. The maximum Gasteiger partial charge on any atom is 0.0141 e. The van der Waals surface area contributed by atoms with Crippen LogP contribution in [0.1, 0.15) is 51.4 Å². The van der Waals surface area contributed by atoms with Gasteiger partial charge in [-0.25, -0.2) is 0 Å². The van der Waals surface area contributed by atoms with Gasteiger partial charge in [-0.3, -0.25) is 0 Å². The molecule has 24 heavy (non-hydrogen) atoms. The zero-order chi connectivity index (χ0) is 15.4. The summed E-state index contributed by atoms with van der Waals surface area (Å²) >= 11 is 10.7. The van der Waals surface area contributed by atoms with Crippen LogP contribution in [0.3, 0.4) is 0 Å². The first-order valence-electron chi connectivity index (χ1n) is 10.9. The van der Waals surface area contributed by atoms with Crippen LogP contribution in [-0.2, 0) is 0 Å². The minimum Gasteiger partial charge on any atom is -0.172 e. The van der Waals surface area contributed by atoms with Gasteiger partial charge >= 0.3 is 0 Å². The number of thiol groups is 2. The van der Waals surface area contributed by atoms with Crippen LogP contribution in [0.15, 0.2) is 0 Å². The molecule has 0 amide bonds. The maximum absolute atomic E-state index is 5.37. The summed E-state index contributed by atoms with van der Waals surface area (Å²) in [6, 6.07) is 0. The van der Waals surface area contributed by atoms with Crippen molar-refractivity contribution in [2.24, 2.45) is 70.0 Å². The Balaban J connectivity index is 1.40. The van der Waals surface area contributed by atoms with Gasteiger partial charge in [0.05, 0.1) is 0 Å². The molecule has 13 aliphatic carbocycles. The quantitative estimate of drug-likeness (QED) is 0.578. The van der Waals surface area contributed by atoms with Gasteiger partial charge in [0, 0.05) is 9.49 Å². The van der Waals surface area contributed by atoms with Gasteiger partial charge in [0.25, 0.3) is 0 Å². The van der Waals surface area contributed by atoms with E-state index in [4.69, 9.17) is 25.3 Å². The molecule has 0 aromatic rings. The van der Waals surface area contributed by atoms with E-state index in [0.29, 0.717) is 9.49 Å². The van der Waals surface area contributed by atoms with Crippen LogP contribution in [0.25, 0.3) is 0 Å². The molecule has 0 N–H and O–H groups in total. The third-order valence-corrected chi connectivity index (χ3v) is 13.5. The second kappa shape index (κ2) is 3.11. The fourth-order valence-corrected chi connectivity index (χ4v) is 15.0. The number of hydrogen-bond donors (Lipinski definition) is 2. The van der Waals surface area contributed by atoms with Gasteiger partial charge in [-0.15, -0.1) is 0 Å². The van der Waals surface area contributed by atoms with Gasteiger partial charge in [0.1, 0.15) is 0 Å². The van der Waals surface area contributed by atoms with E-state index < -0.39 is 0 Å². The lowest BCUT2D eigenvalue weighted by Crippen LogP contribution is -2.87. The molecule has 0 aliphatic heterocycles. The Morgan fingerprint density at radius 2 is 0.792 bits per heavy atom. The zero-order valence-electron chi connectivity index (χ0n) is 14.3. The average Bonchev–Trinajstić information content (AvgIpc) is 2.50. The Morgan fingerprint density at radius 3 is 1.12 bits per heavy atom. The first kappa shape index (κ1) is 13.0. The number of hydrogen-bond acceptors (Lipinski definition) is 2. The first-order chi connectivity index (χ1) is 11.5. The molecule has 6 unspecified atom stereocenters. The zero-order valence-corrected chi connectivity index (χ0v) is 16.1. The second-order valence-electron chi connectivity index (χ2n) is 12.6. The van der Waals surface area contributed by atoms with E-state index >= 15 is 0 Å².